The fourth-order valence-electron chi connectivity index (χ4n) is 2.73. The fraction of sp³-hybridized carbons (Fsp3) is 0.538. The maximum Gasteiger partial charge on any atom is 0.246 e. The molecule has 3 rings (SSSR count). The molecule has 0 spiro atoms. The van der Waals surface area contributed by atoms with E-state index in [4.69, 9.17) is 5.73 Å². The molecule has 0 saturated heterocycles. The van der Waals surface area contributed by atoms with Crippen LogP contribution in [0.25, 0.3) is 0 Å². The highest BCUT2D eigenvalue weighted by atomic mass is 32.2. The Bertz CT molecular complexity index is 629. The van der Waals surface area contributed by atoms with Crippen molar-refractivity contribution in [3.05, 3.63) is 23.8 Å². The van der Waals surface area contributed by atoms with Crippen molar-refractivity contribution in [2.45, 2.75) is 30.6 Å². The highest BCUT2D eigenvalue weighted by Crippen LogP contribution is 2.60. The third-order valence-corrected chi connectivity index (χ3v) is 5.69. The Hall–Kier alpha value is -1.21. The minimum Gasteiger partial charge on any atom is -0.399 e. The van der Waals surface area contributed by atoms with Crippen LogP contribution in [-0.2, 0) is 10.0 Å². The highest BCUT2D eigenvalue weighted by Gasteiger charge is 2.53. The van der Waals surface area contributed by atoms with Crippen LogP contribution in [0.1, 0.15) is 25.7 Å². The maximum absolute atomic E-state index is 13.7. The highest BCUT2D eigenvalue weighted by molar-refractivity contribution is 7.89. The number of nitrogen functional groups attached to an aromatic ring is 1. The minimum absolute atomic E-state index is 0.0217. The number of anilines is 1. The van der Waals surface area contributed by atoms with Gasteiger partial charge in [0.25, 0.3) is 0 Å². The molecule has 20 heavy (non-hydrogen) atoms. The Labute approximate surface area is 116 Å². The summed E-state index contributed by atoms with van der Waals surface area (Å²) in [6.45, 7) is 0.253. The Balaban J connectivity index is 1.81. The number of sulfonamides is 1. The minimum atomic E-state index is -4.19. The van der Waals surface area contributed by atoms with Crippen molar-refractivity contribution in [2.24, 2.45) is 11.3 Å². The van der Waals surface area contributed by atoms with E-state index >= 15 is 0 Å². The lowest BCUT2D eigenvalue weighted by Crippen LogP contribution is -2.32. The molecule has 2 aliphatic carbocycles. The smallest absolute Gasteiger partial charge is 0.246 e. The van der Waals surface area contributed by atoms with Crippen molar-refractivity contribution >= 4 is 15.7 Å². The van der Waals surface area contributed by atoms with E-state index in [0.29, 0.717) is 5.92 Å². The summed E-state index contributed by atoms with van der Waals surface area (Å²) >= 11 is 0. The molecule has 3 N–H and O–H groups in total. The first-order chi connectivity index (χ1) is 9.34. The Morgan fingerprint density at radius 3 is 2.25 bits per heavy atom. The summed E-state index contributed by atoms with van der Waals surface area (Å²) in [7, 11) is -4.19. The monoisotopic (exact) mass is 302 g/mol. The number of halogens is 2. The van der Waals surface area contributed by atoms with Crippen LogP contribution < -0.4 is 10.5 Å². The molecular formula is C13H16F2N2O2S. The summed E-state index contributed by atoms with van der Waals surface area (Å²) in [4.78, 5) is -0.946. The number of hydrogen-bond donors (Lipinski definition) is 2. The van der Waals surface area contributed by atoms with Gasteiger partial charge in [0.15, 0.2) is 4.90 Å². The normalized spacial score (nSPS) is 20.9. The van der Waals surface area contributed by atoms with Crippen molar-refractivity contribution in [1.82, 2.24) is 4.72 Å². The molecule has 2 aliphatic rings. The van der Waals surface area contributed by atoms with Crippen LogP contribution in [0, 0.1) is 23.0 Å². The second-order valence-electron chi connectivity index (χ2n) is 5.77. The van der Waals surface area contributed by atoms with Gasteiger partial charge < -0.3 is 5.73 Å². The van der Waals surface area contributed by atoms with E-state index in [9.17, 15) is 17.2 Å². The van der Waals surface area contributed by atoms with Gasteiger partial charge in [0.05, 0.1) is 0 Å². The number of nitrogens with two attached hydrogens (primary N) is 1. The zero-order chi connectivity index (χ0) is 14.5. The van der Waals surface area contributed by atoms with E-state index in [1.807, 2.05) is 0 Å². The standard InChI is InChI=1S/C13H16F2N2O2S/c14-10-5-9(16)6-11(15)12(10)20(18,19)17-7-13(3-4-13)8-1-2-8/h5-6,8,17H,1-4,7,16H2. The predicted octanol–water partition coefficient (Wildman–Crippen LogP) is 2.02. The van der Waals surface area contributed by atoms with Crippen molar-refractivity contribution in [3.8, 4) is 0 Å². The van der Waals surface area contributed by atoms with Crippen molar-refractivity contribution in [2.75, 3.05) is 12.3 Å². The molecule has 7 heteroatoms. The summed E-state index contributed by atoms with van der Waals surface area (Å²) in [5, 5.41) is 0. The van der Waals surface area contributed by atoms with E-state index in [2.05, 4.69) is 4.72 Å². The SMILES string of the molecule is Nc1cc(F)c(S(=O)(=O)NCC2(C3CC3)CC2)c(F)c1. The van der Waals surface area contributed by atoms with Gasteiger partial charge in [-0.15, -0.1) is 0 Å². The lowest BCUT2D eigenvalue weighted by molar-refractivity contribution is 0.429. The van der Waals surface area contributed by atoms with Gasteiger partial charge in [0.1, 0.15) is 11.6 Å². The Morgan fingerprint density at radius 1 is 1.25 bits per heavy atom. The number of nitrogens with one attached hydrogen (secondary N) is 1. The zero-order valence-corrected chi connectivity index (χ0v) is 11.6. The van der Waals surface area contributed by atoms with Crippen molar-refractivity contribution in [3.63, 3.8) is 0 Å². The largest absolute Gasteiger partial charge is 0.399 e. The molecule has 0 aliphatic heterocycles. The molecule has 2 saturated carbocycles. The molecule has 0 atom stereocenters. The van der Waals surface area contributed by atoms with Gasteiger partial charge in [-0.2, -0.15) is 0 Å². The van der Waals surface area contributed by atoms with Crippen LogP contribution in [0.15, 0.2) is 17.0 Å². The van der Waals surface area contributed by atoms with Crippen LogP contribution in [0.2, 0.25) is 0 Å². The van der Waals surface area contributed by atoms with Gasteiger partial charge in [-0.3, -0.25) is 0 Å². The maximum atomic E-state index is 13.7. The molecule has 2 fully saturated rings. The molecule has 0 heterocycles. The second kappa shape index (κ2) is 4.39. The average Bonchev–Trinajstić information content (AvgIpc) is 3.18. The van der Waals surface area contributed by atoms with Gasteiger partial charge in [-0.05, 0) is 49.1 Å². The summed E-state index contributed by atoms with van der Waals surface area (Å²) in [6, 6.07) is 1.62. The first kappa shape index (κ1) is 13.8. The van der Waals surface area contributed by atoms with Crippen LogP contribution in [-0.4, -0.2) is 15.0 Å². The molecular weight excluding hydrogens is 286 g/mol. The molecule has 0 unspecified atom stereocenters. The van der Waals surface area contributed by atoms with Crippen molar-refractivity contribution in [1.29, 1.82) is 0 Å². The first-order valence-electron chi connectivity index (χ1n) is 6.58. The zero-order valence-electron chi connectivity index (χ0n) is 10.8. The second-order valence-corrected chi connectivity index (χ2v) is 7.48. The summed E-state index contributed by atoms with van der Waals surface area (Å²) in [5.74, 6) is -1.76. The molecule has 0 bridgehead atoms. The van der Waals surface area contributed by atoms with E-state index in [1.54, 1.807) is 0 Å². The molecule has 0 radical (unpaired) electrons. The Kier molecular flexibility index (Phi) is 3.02. The van der Waals surface area contributed by atoms with Gasteiger partial charge in [0, 0.05) is 12.2 Å². The molecule has 4 nitrogen and oxygen atoms in total. The summed E-state index contributed by atoms with van der Waals surface area (Å²) in [5.41, 5.74) is 5.16. The third-order valence-electron chi connectivity index (χ3n) is 4.24. The van der Waals surface area contributed by atoms with Gasteiger partial charge in [-0.1, -0.05) is 0 Å². The van der Waals surface area contributed by atoms with Crippen molar-refractivity contribution < 1.29 is 17.2 Å². The molecule has 1 aromatic rings. The first-order valence-corrected chi connectivity index (χ1v) is 8.07. The summed E-state index contributed by atoms with van der Waals surface area (Å²) < 4.78 is 53.8. The summed E-state index contributed by atoms with van der Waals surface area (Å²) in [6.07, 6.45) is 4.19. The number of rotatable bonds is 5. The Morgan fingerprint density at radius 2 is 1.80 bits per heavy atom. The van der Waals surface area contributed by atoms with Crippen LogP contribution in [0.5, 0.6) is 0 Å². The van der Waals surface area contributed by atoms with E-state index < -0.39 is 26.6 Å². The van der Waals surface area contributed by atoms with Crippen LogP contribution >= 0.6 is 0 Å². The fourth-order valence-corrected chi connectivity index (χ4v) is 3.99. The topological polar surface area (TPSA) is 72.2 Å². The number of hydrogen-bond acceptors (Lipinski definition) is 3. The van der Waals surface area contributed by atoms with Crippen LogP contribution in [0.4, 0.5) is 14.5 Å². The van der Waals surface area contributed by atoms with Gasteiger partial charge >= 0.3 is 0 Å². The molecule has 0 aromatic heterocycles. The average molecular weight is 302 g/mol. The number of benzene rings is 1. The van der Waals surface area contributed by atoms with E-state index in [0.717, 1.165) is 37.8 Å². The molecule has 1 aromatic carbocycles. The molecule has 110 valence electrons. The van der Waals surface area contributed by atoms with Crippen LogP contribution in [0.3, 0.4) is 0 Å². The molecule has 0 amide bonds. The van der Waals surface area contributed by atoms with E-state index in [1.165, 1.54) is 0 Å². The predicted molar refractivity (Wildman–Crippen MR) is 70.3 cm³/mol. The van der Waals surface area contributed by atoms with Gasteiger partial charge in [0.2, 0.25) is 10.0 Å². The quantitative estimate of drug-likeness (QED) is 0.817. The van der Waals surface area contributed by atoms with E-state index in [-0.39, 0.29) is 17.6 Å². The lowest BCUT2D eigenvalue weighted by atomic mass is 10.0. The van der Waals surface area contributed by atoms with Gasteiger partial charge in [-0.25, -0.2) is 21.9 Å². The third kappa shape index (κ3) is 2.40. The lowest BCUT2D eigenvalue weighted by Gasteiger charge is -2.16.